The average molecular weight is 347 g/mol. The number of hydrogen-bond acceptors (Lipinski definition) is 5. The van der Waals surface area contributed by atoms with Crippen LogP contribution in [0.15, 0.2) is 53.1 Å². The lowest BCUT2D eigenvalue weighted by atomic mass is 10.2. The van der Waals surface area contributed by atoms with Crippen molar-refractivity contribution in [2.45, 2.75) is 6.61 Å². The molecule has 0 aliphatic heterocycles. The molecule has 5 nitrogen and oxygen atoms in total. The summed E-state index contributed by atoms with van der Waals surface area (Å²) in [6, 6.07) is 10.3. The zero-order valence-corrected chi connectivity index (χ0v) is 13.1. The monoisotopic (exact) mass is 346 g/mol. The Labute approximate surface area is 141 Å². The Morgan fingerprint density at radius 2 is 2.00 bits per heavy atom. The van der Waals surface area contributed by atoms with Crippen LogP contribution in [0.3, 0.4) is 0 Å². The number of nitrogens with zero attached hydrogens (tertiary/aromatic N) is 1. The molecule has 0 unspecified atom stereocenters. The normalized spacial score (nSPS) is 10.6. The first-order valence-electron chi connectivity index (χ1n) is 6.96. The van der Waals surface area contributed by atoms with Gasteiger partial charge in [-0.25, -0.2) is 14.2 Å². The zero-order chi connectivity index (χ0) is 17.1. The molecule has 0 bridgehead atoms. The molecule has 0 saturated carbocycles. The number of nitrogen functional groups attached to an aromatic ring is 1. The van der Waals surface area contributed by atoms with Crippen molar-refractivity contribution in [3.8, 4) is 11.3 Å². The molecule has 0 radical (unpaired) electrons. The summed E-state index contributed by atoms with van der Waals surface area (Å²) in [6.07, 6.45) is 1.48. The highest BCUT2D eigenvalue weighted by Gasteiger charge is 2.14. The molecule has 0 fully saturated rings. The summed E-state index contributed by atoms with van der Waals surface area (Å²) >= 11 is 5.78. The fourth-order valence-corrected chi connectivity index (χ4v) is 2.23. The number of esters is 1. The third-order valence-corrected chi connectivity index (χ3v) is 3.48. The van der Waals surface area contributed by atoms with E-state index >= 15 is 0 Å². The highest BCUT2D eigenvalue weighted by atomic mass is 35.5. The van der Waals surface area contributed by atoms with Gasteiger partial charge in [0.15, 0.2) is 12.4 Å². The summed E-state index contributed by atoms with van der Waals surface area (Å²) in [6.45, 7) is -0.151. The maximum Gasteiger partial charge on any atom is 0.340 e. The van der Waals surface area contributed by atoms with E-state index in [1.165, 1.54) is 30.5 Å². The number of carbonyl (C=O) groups is 1. The molecule has 0 saturated heterocycles. The van der Waals surface area contributed by atoms with Crippen molar-refractivity contribution < 1.29 is 18.3 Å². The summed E-state index contributed by atoms with van der Waals surface area (Å²) in [4.78, 5) is 16.0. The second-order valence-electron chi connectivity index (χ2n) is 4.93. The predicted octanol–water partition coefficient (Wildman–Crippen LogP) is 4.07. The molecule has 0 amide bonds. The van der Waals surface area contributed by atoms with Crippen molar-refractivity contribution in [3.63, 3.8) is 0 Å². The molecular formula is C17H12ClFN2O3. The Balaban J connectivity index is 1.67. The maximum absolute atomic E-state index is 12.9. The van der Waals surface area contributed by atoms with E-state index in [1.807, 2.05) is 0 Å². The Bertz CT molecular complexity index is 878. The van der Waals surface area contributed by atoms with E-state index in [-0.39, 0.29) is 29.6 Å². The van der Waals surface area contributed by atoms with E-state index in [2.05, 4.69) is 4.98 Å². The molecular weight excluding hydrogens is 335 g/mol. The van der Waals surface area contributed by atoms with Crippen molar-refractivity contribution in [3.05, 3.63) is 71.0 Å². The first-order valence-corrected chi connectivity index (χ1v) is 7.33. The molecule has 0 aliphatic carbocycles. The summed E-state index contributed by atoms with van der Waals surface area (Å²) in [5.41, 5.74) is 6.84. The molecule has 2 N–H and O–H groups in total. The Kier molecular flexibility index (Phi) is 4.48. The number of halogens is 2. The lowest BCUT2D eigenvalue weighted by molar-refractivity contribution is 0.0440. The molecule has 3 rings (SSSR count). The van der Waals surface area contributed by atoms with Crippen LogP contribution in [0.2, 0.25) is 5.02 Å². The highest BCUT2D eigenvalue weighted by Crippen LogP contribution is 2.22. The minimum Gasteiger partial charge on any atom is -0.452 e. The molecule has 0 spiro atoms. The zero-order valence-electron chi connectivity index (χ0n) is 12.3. The second kappa shape index (κ2) is 6.72. The number of ether oxygens (including phenoxy) is 1. The summed E-state index contributed by atoms with van der Waals surface area (Å²) in [5, 5.41) is 0.431. The van der Waals surface area contributed by atoms with Crippen LogP contribution in [0.5, 0.6) is 0 Å². The number of anilines is 1. The molecule has 1 aromatic heterocycles. The minimum absolute atomic E-state index is 0.151. The number of nitrogens with two attached hydrogens (primary N) is 1. The van der Waals surface area contributed by atoms with Gasteiger partial charge in [0.2, 0.25) is 5.89 Å². The molecule has 122 valence electrons. The fraction of sp³-hybridized carbons (Fsp3) is 0.0588. The van der Waals surface area contributed by atoms with Crippen LogP contribution in [0.1, 0.15) is 16.2 Å². The molecule has 24 heavy (non-hydrogen) atoms. The van der Waals surface area contributed by atoms with Gasteiger partial charge in [0.25, 0.3) is 0 Å². The average Bonchev–Trinajstić information content (AvgIpc) is 3.02. The van der Waals surface area contributed by atoms with Gasteiger partial charge in [-0.3, -0.25) is 0 Å². The Morgan fingerprint density at radius 1 is 1.25 bits per heavy atom. The number of hydrogen-bond donors (Lipinski definition) is 1. The van der Waals surface area contributed by atoms with Gasteiger partial charge in [0.1, 0.15) is 5.82 Å². The van der Waals surface area contributed by atoms with E-state index in [4.69, 9.17) is 26.5 Å². The Hall–Kier alpha value is -2.86. The largest absolute Gasteiger partial charge is 0.452 e. The van der Waals surface area contributed by atoms with Crippen molar-refractivity contribution >= 4 is 23.3 Å². The number of aromatic nitrogens is 1. The van der Waals surface area contributed by atoms with Crippen molar-refractivity contribution in [2.24, 2.45) is 0 Å². The third kappa shape index (κ3) is 3.55. The number of carbonyl (C=O) groups excluding carboxylic acids is 1. The SMILES string of the molecule is Nc1cc(Cl)ccc1C(=O)OCc1ncc(-c2ccc(F)cc2)o1. The standard InChI is InChI=1S/C17H12ClFN2O3/c18-11-3-6-13(14(20)7-11)17(22)23-9-16-21-8-15(24-16)10-1-4-12(19)5-2-10/h1-8H,9,20H2. The quantitative estimate of drug-likeness (QED) is 0.569. The third-order valence-electron chi connectivity index (χ3n) is 3.24. The molecule has 3 aromatic rings. The van der Waals surface area contributed by atoms with Gasteiger partial charge in [-0.2, -0.15) is 0 Å². The van der Waals surface area contributed by atoms with E-state index in [9.17, 15) is 9.18 Å². The fourth-order valence-electron chi connectivity index (χ4n) is 2.05. The number of rotatable bonds is 4. The smallest absolute Gasteiger partial charge is 0.340 e. The van der Waals surface area contributed by atoms with E-state index in [0.717, 1.165) is 0 Å². The molecule has 0 atom stereocenters. The molecule has 7 heteroatoms. The van der Waals surface area contributed by atoms with Crippen LogP contribution < -0.4 is 5.73 Å². The summed E-state index contributed by atoms with van der Waals surface area (Å²) < 4.78 is 23.5. The van der Waals surface area contributed by atoms with Crippen LogP contribution in [0.25, 0.3) is 11.3 Å². The van der Waals surface area contributed by atoms with Crippen molar-refractivity contribution in [1.29, 1.82) is 0 Å². The van der Waals surface area contributed by atoms with Gasteiger partial charge in [0, 0.05) is 16.3 Å². The molecule has 1 heterocycles. The van der Waals surface area contributed by atoms with Crippen LogP contribution in [0.4, 0.5) is 10.1 Å². The van der Waals surface area contributed by atoms with E-state index < -0.39 is 5.97 Å². The molecule has 2 aromatic carbocycles. The van der Waals surface area contributed by atoms with Gasteiger partial charge >= 0.3 is 5.97 Å². The Morgan fingerprint density at radius 3 is 2.71 bits per heavy atom. The lowest BCUT2D eigenvalue weighted by Crippen LogP contribution is -2.08. The van der Waals surface area contributed by atoms with E-state index in [0.29, 0.717) is 16.3 Å². The second-order valence-corrected chi connectivity index (χ2v) is 5.37. The van der Waals surface area contributed by atoms with Crippen molar-refractivity contribution in [2.75, 3.05) is 5.73 Å². The van der Waals surface area contributed by atoms with Gasteiger partial charge in [-0.1, -0.05) is 11.6 Å². The summed E-state index contributed by atoms with van der Waals surface area (Å²) in [7, 11) is 0. The van der Waals surface area contributed by atoms with Gasteiger partial charge in [-0.05, 0) is 42.5 Å². The van der Waals surface area contributed by atoms with E-state index in [1.54, 1.807) is 18.2 Å². The van der Waals surface area contributed by atoms with Gasteiger partial charge in [-0.15, -0.1) is 0 Å². The first kappa shape index (κ1) is 16.0. The number of oxazole rings is 1. The van der Waals surface area contributed by atoms with Crippen LogP contribution in [0, 0.1) is 5.82 Å². The van der Waals surface area contributed by atoms with Gasteiger partial charge in [0.05, 0.1) is 11.8 Å². The minimum atomic E-state index is -0.606. The van der Waals surface area contributed by atoms with Gasteiger partial charge < -0.3 is 14.9 Å². The highest BCUT2D eigenvalue weighted by molar-refractivity contribution is 6.31. The van der Waals surface area contributed by atoms with Crippen LogP contribution in [-0.4, -0.2) is 11.0 Å². The summed E-state index contributed by atoms with van der Waals surface area (Å²) in [5.74, 6) is -0.277. The topological polar surface area (TPSA) is 78.4 Å². The lowest BCUT2D eigenvalue weighted by Gasteiger charge is -2.05. The molecule has 0 aliphatic rings. The van der Waals surface area contributed by atoms with Crippen molar-refractivity contribution in [1.82, 2.24) is 4.98 Å². The first-order chi connectivity index (χ1) is 11.5. The number of benzene rings is 2. The maximum atomic E-state index is 12.9. The predicted molar refractivity (Wildman–Crippen MR) is 86.9 cm³/mol. The van der Waals surface area contributed by atoms with Crippen LogP contribution in [-0.2, 0) is 11.3 Å². The van der Waals surface area contributed by atoms with Crippen LogP contribution >= 0.6 is 11.6 Å².